The quantitative estimate of drug-likeness (QED) is 0.400. The van der Waals surface area contributed by atoms with Gasteiger partial charge >= 0.3 is 7.60 Å². The molecule has 1 saturated heterocycles. The molecule has 100 valence electrons. The van der Waals surface area contributed by atoms with Crippen molar-refractivity contribution in [2.75, 3.05) is 27.0 Å². The van der Waals surface area contributed by atoms with E-state index in [9.17, 15) is 9.46 Å². The number of rotatable bonds is 6. The van der Waals surface area contributed by atoms with E-state index >= 15 is 0 Å². The zero-order valence-electron chi connectivity index (χ0n) is 10.7. The third kappa shape index (κ3) is 4.70. The molecule has 0 spiro atoms. The molecule has 1 heterocycles. The lowest BCUT2D eigenvalue weighted by Gasteiger charge is -2.23. The Morgan fingerprint density at radius 3 is 2.59 bits per heavy atom. The minimum absolute atomic E-state index is 0.168. The fraction of sp³-hybridized carbons (Fsp3) is 1.00. The van der Waals surface area contributed by atoms with Crippen molar-refractivity contribution < 1.29 is 28.2 Å². The summed E-state index contributed by atoms with van der Waals surface area (Å²) in [7, 11) is -0.104. The second-order valence-corrected chi connectivity index (χ2v) is 6.06. The van der Waals surface area contributed by atoms with Crippen LogP contribution in [0.25, 0.3) is 0 Å². The first-order valence-corrected chi connectivity index (χ1v) is 7.62. The molecule has 17 heavy (non-hydrogen) atoms. The molecule has 2 unspecified atom stereocenters. The molecule has 8 heteroatoms. The molecule has 0 aliphatic carbocycles. The van der Waals surface area contributed by atoms with Gasteiger partial charge in [0.25, 0.3) is 0 Å². The van der Waals surface area contributed by atoms with Gasteiger partial charge in [0.15, 0.2) is 0 Å². The summed E-state index contributed by atoms with van der Waals surface area (Å²) in [6.07, 6.45) is -1.14. The van der Waals surface area contributed by atoms with Gasteiger partial charge in [-0.25, -0.2) is 0 Å². The first kappa shape index (κ1) is 15.2. The first-order chi connectivity index (χ1) is 7.85. The van der Waals surface area contributed by atoms with Crippen LogP contribution in [0.15, 0.2) is 0 Å². The summed E-state index contributed by atoms with van der Waals surface area (Å²) in [5, 5.41) is 0. The summed E-state index contributed by atoms with van der Waals surface area (Å²) >= 11 is 0. The van der Waals surface area contributed by atoms with Crippen LogP contribution in [0, 0.1) is 0 Å². The molecule has 0 aromatic rings. The molecule has 1 aliphatic rings. The van der Waals surface area contributed by atoms with Crippen LogP contribution in [0.3, 0.4) is 0 Å². The minimum atomic E-state index is -3.55. The van der Waals surface area contributed by atoms with Crippen LogP contribution in [-0.2, 0) is 23.3 Å². The monoisotopic (exact) mass is 266 g/mol. The van der Waals surface area contributed by atoms with Gasteiger partial charge in [-0.3, -0.25) is 9.09 Å². The first-order valence-electron chi connectivity index (χ1n) is 5.60. The minimum Gasteiger partial charge on any atom is -0.382 e. The zero-order chi connectivity index (χ0) is 13.1. The van der Waals surface area contributed by atoms with E-state index in [1.165, 1.54) is 0 Å². The van der Waals surface area contributed by atoms with Gasteiger partial charge in [0.05, 0.1) is 25.3 Å². The van der Waals surface area contributed by atoms with E-state index in [1.54, 1.807) is 14.0 Å². The largest absolute Gasteiger partial charge is 0.382 e. The lowest BCUT2D eigenvalue weighted by molar-refractivity contribution is -0.0316. The van der Waals surface area contributed by atoms with Crippen molar-refractivity contribution >= 4 is 15.4 Å². The molecular formula is C9H20BO6P. The summed E-state index contributed by atoms with van der Waals surface area (Å²) in [5.74, 6) is 0. The van der Waals surface area contributed by atoms with Gasteiger partial charge in [-0.05, 0) is 6.92 Å². The van der Waals surface area contributed by atoms with E-state index < -0.39 is 13.7 Å². The molecule has 1 N–H and O–H groups in total. The molecule has 1 fully saturated rings. The third-order valence-corrected chi connectivity index (χ3v) is 3.23. The topological polar surface area (TPSA) is 74.2 Å². The van der Waals surface area contributed by atoms with Crippen LogP contribution < -0.4 is 0 Å². The van der Waals surface area contributed by atoms with Crippen molar-refractivity contribution in [3.8, 4) is 0 Å². The Kier molecular flexibility index (Phi) is 5.63. The van der Waals surface area contributed by atoms with Crippen molar-refractivity contribution in [3.05, 3.63) is 0 Å². The highest BCUT2D eigenvalue weighted by molar-refractivity contribution is 7.51. The van der Waals surface area contributed by atoms with E-state index in [1.807, 2.05) is 7.85 Å². The molecular weight excluding hydrogens is 246 g/mol. The lowest BCUT2D eigenvalue weighted by Crippen LogP contribution is -2.37. The van der Waals surface area contributed by atoms with Gasteiger partial charge in [-0.15, -0.1) is 0 Å². The summed E-state index contributed by atoms with van der Waals surface area (Å²) in [4.78, 5) is 9.27. The zero-order valence-corrected chi connectivity index (χ0v) is 11.6. The van der Waals surface area contributed by atoms with E-state index in [-0.39, 0.29) is 18.2 Å². The average molecular weight is 266 g/mol. The van der Waals surface area contributed by atoms with E-state index in [0.717, 1.165) is 6.66 Å². The van der Waals surface area contributed by atoms with Crippen LogP contribution in [0.2, 0.25) is 0 Å². The summed E-state index contributed by atoms with van der Waals surface area (Å²) < 4.78 is 32.4. The van der Waals surface area contributed by atoms with Gasteiger partial charge in [-0.2, -0.15) is 0 Å². The smallest absolute Gasteiger partial charge is 0.325 e. The number of hydrogen-bond acceptors (Lipinski definition) is 5. The highest BCUT2D eigenvalue weighted by Gasteiger charge is 2.43. The number of ether oxygens (including phenoxy) is 3. The van der Waals surface area contributed by atoms with Crippen molar-refractivity contribution in [1.82, 2.24) is 0 Å². The van der Waals surface area contributed by atoms with Crippen LogP contribution >= 0.6 is 7.60 Å². The Hall–Kier alpha value is 0.0949. The molecule has 1 rings (SSSR count). The fourth-order valence-corrected chi connectivity index (χ4v) is 2.64. The standard InChI is InChI=1S/C9H20BO6P/c1-6-7(16-17(3,11)12)8(9(10)15-6)14-5-4-13-2/h6-9H,4-5,10H2,1-3H3,(H,11,12)/t6-,7?,8+,9-/m1/s1. The van der Waals surface area contributed by atoms with Crippen molar-refractivity contribution in [1.29, 1.82) is 0 Å². The predicted octanol–water partition coefficient (Wildman–Crippen LogP) is -0.404. The van der Waals surface area contributed by atoms with Gasteiger partial charge < -0.3 is 19.1 Å². The Balaban J connectivity index is 2.59. The molecule has 0 aromatic heterocycles. The van der Waals surface area contributed by atoms with Gasteiger partial charge in [-0.1, -0.05) is 0 Å². The van der Waals surface area contributed by atoms with Gasteiger partial charge in [0, 0.05) is 13.8 Å². The van der Waals surface area contributed by atoms with Crippen LogP contribution in [0.1, 0.15) is 6.92 Å². The third-order valence-electron chi connectivity index (χ3n) is 2.59. The van der Waals surface area contributed by atoms with Crippen LogP contribution in [0.5, 0.6) is 0 Å². The molecule has 0 radical (unpaired) electrons. The summed E-state index contributed by atoms with van der Waals surface area (Å²) in [5.41, 5.74) is 0. The summed E-state index contributed by atoms with van der Waals surface area (Å²) in [6, 6.07) is -0.168. The second-order valence-electron chi connectivity index (χ2n) is 4.25. The van der Waals surface area contributed by atoms with Gasteiger partial charge in [0.2, 0.25) is 0 Å². The highest BCUT2D eigenvalue weighted by atomic mass is 31.2. The Bertz CT molecular complexity index is 283. The van der Waals surface area contributed by atoms with E-state index in [0.29, 0.717) is 13.2 Å². The second kappa shape index (κ2) is 6.32. The molecule has 1 aliphatic heterocycles. The van der Waals surface area contributed by atoms with Crippen molar-refractivity contribution in [3.63, 3.8) is 0 Å². The number of hydrogen-bond donors (Lipinski definition) is 1. The molecule has 0 bridgehead atoms. The highest BCUT2D eigenvalue weighted by Crippen LogP contribution is 2.42. The molecule has 0 aromatic carbocycles. The molecule has 6 nitrogen and oxygen atoms in total. The van der Waals surface area contributed by atoms with Gasteiger partial charge in [0.1, 0.15) is 20.1 Å². The van der Waals surface area contributed by atoms with E-state index in [4.69, 9.17) is 18.7 Å². The predicted molar refractivity (Wildman–Crippen MR) is 65.1 cm³/mol. The van der Waals surface area contributed by atoms with E-state index in [2.05, 4.69) is 0 Å². The fourth-order valence-electron chi connectivity index (χ4n) is 1.90. The average Bonchev–Trinajstić information content (AvgIpc) is 2.42. The number of methoxy groups -OCH3 is 1. The van der Waals surface area contributed by atoms with Crippen molar-refractivity contribution in [2.45, 2.75) is 31.2 Å². The molecule has 0 saturated carbocycles. The summed E-state index contributed by atoms with van der Waals surface area (Å²) in [6.45, 7) is 3.83. The van der Waals surface area contributed by atoms with Crippen LogP contribution in [-0.4, -0.2) is 64.0 Å². The molecule has 0 amide bonds. The Morgan fingerprint density at radius 2 is 2.06 bits per heavy atom. The molecule has 5 atom stereocenters. The maximum absolute atomic E-state index is 11.3. The van der Waals surface area contributed by atoms with Crippen LogP contribution in [0.4, 0.5) is 0 Å². The SMILES string of the molecule is B[C@@H]1O[C@H](C)C(OP(C)(=O)O)[C@@H]1OCCOC. The maximum atomic E-state index is 11.3. The Morgan fingerprint density at radius 1 is 1.41 bits per heavy atom. The lowest BCUT2D eigenvalue weighted by atomic mass is 9.93. The Labute approximate surface area is 103 Å². The normalized spacial score (nSPS) is 36.9. The maximum Gasteiger partial charge on any atom is 0.325 e. The van der Waals surface area contributed by atoms with Crippen molar-refractivity contribution in [2.24, 2.45) is 0 Å².